The molecule has 2 rings (SSSR count). The van der Waals surface area contributed by atoms with E-state index in [1.807, 2.05) is 30.3 Å². The summed E-state index contributed by atoms with van der Waals surface area (Å²) in [6, 6.07) is 10.3. The quantitative estimate of drug-likeness (QED) is 0.607. The zero-order valence-corrected chi connectivity index (χ0v) is 10.4. The predicted octanol–water partition coefficient (Wildman–Crippen LogP) is 2.99. The summed E-state index contributed by atoms with van der Waals surface area (Å²) in [6.07, 6.45) is 4.87. The average molecular weight is 231 g/mol. The molecule has 0 spiro atoms. The van der Waals surface area contributed by atoms with Crippen LogP contribution in [0.15, 0.2) is 35.3 Å². The topological polar surface area (TPSA) is 50.4 Å². The van der Waals surface area contributed by atoms with Gasteiger partial charge in [0.1, 0.15) is 0 Å². The molecule has 1 aromatic carbocycles. The molecule has 92 valence electrons. The van der Waals surface area contributed by atoms with Crippen LogP contribution in [-0.4, -0.2) is 12.0 Å². The van der Waals surface area contributed by atoms with Crippen molar-refractivity contribution >= 4 is 11.6 Å². The molecule has 0 saturated heterocycles. The molecule has 3 nitrogen and oxygen atoms in total. The molecule has 0 aromatic heterocycles. The van der Waals surface area contributed by atoms with Gasteiger partial charge in [0.25, 0.3) is 0 Å². The van der Waals surface area contributed by atoms with E-state index in [0.29, 0.717) is 12.0 Å². The maximum Gasteiger partial charge on any atom is 0.193 e. The van der Waals surface area contributed by atoms with E-state index in [2.05, 4.69) is 17.2 Å². The molecule has 3 heteroatoms. The normalized spacial score (nSPS) is 25.6. The van der Waals surface area contributed by atoms with Crippen molar-refractivity contribution in [1.82, 2.24) is 0 Å². The lowest BCUT2D eigenvalue weighted by Crippen LogP contribution is -2.26. The van der Waals surface area contributed by atoms with E-state index in [1.165, 1.54) is 25.7 Å². The Labute approximate surface area is 103 Å². The van der Waals surface area contributed by atoms with Gasteiger partial charge in [-0.1, -0.05) is 25.1 Å². The molecule has 1 saturated carbocycles. The van der Waals surface area contributed by atoms with Crippen LogP contribution in [-0.2, 0) is 0 Å². The molecule has 0 bridgehead atoms. The molecule has 0 heterocycles. The van der Waals surface area contributed by atoms with Gasteiger partial charge in [0.15, 0.2) is 5.96 Å². The van der Waals surface area contributed by atoms with Crippen molar-refractivity contribution in [2.45, 2.75) is 38.6 Å². The zero-order chi connectivity index (χ0) is 12.1. The Hall–Kier alpha value is -1.51. The number of rotatable bonds is 2. The third-order valence-corrected chi connectivity index (χ3v) is 3.35. The smallest absolute Gasteiger partial charge is 0.193 e. The molecule has 1 aliphatic rings. The van der Waals surface area contributed by atoms with Gasteiger partial charge in [0.05, 0.1) is 6.04 Å². The van der Waals surface area contributed by atoms with E-state index in [4.69, 9.17) is 5.73 Å². The highest BCUT2D eigenvalue weighted by molar-refractivity contribution is 5.92. The minimum absolute atomic E-state index is 0.405. The van der Waals surface area contributed by atoms with E-state index in [-0.39, 0.29) is 0 Å². The van der Waals surface area contributed by atoms with Gasteiger partial charge in [-0.2, -0.15) is 0 Å². The minimum atomic E-state index is 0.405. The van der Waals surface area contributed by atoms with E-state index in [1.54, 1.807) is 0 Å². The molecule has 0 aliphatic heterocycles. The molecule has 1 aliphatic carbocycles. The van der Waals surface area contributed by atoms with Crippen molar-refractivity contribution in [1.29, 1.82) is 0 Å². The highest BCUT2D eigenvalue weighted by Gasteiger charge is 2.17. The fraction of sp³-hybridized carbons (Fsp3) is 0.500. The second kappa shape index (κ2) is 5.71. The highest BCUT2D eigenvalue weighted by Crippen LogP contribution is 2.25. The third-order valence-electron chi connectivity index (χ3n) is 3.35. The predicted molar refractivity (Wildman–Crippen MR) is 73.1 cm³/mol. The SMILES string of the molecule is CC1CCC(N=C(N)Nc2ccccc2)CC1. The number of para-hydroxylation sites is 1. The van der Waals surface area contributed by atoms with Crippen molar-refractivity contribution in [2.24, 2.45) is 16.6 Å². The van der Waals surface area contributed by atoms with Gasteiger partial charge in [-0.05, 0) is 43.7 Å². The maximum atomic E-state index is 5.91. The Kier molecular flexibility index (Phi) is 4.02. The minimum Gasteiger partial charge on any atom is -0.370 e. The Morgan fingerprint density at radius 1 is 1.18 bits per heavy atom. The highest BCUT2D eigenvalue weighted by atomic mass is 15.1. The summed E-state index contributed by atoms with van der Waals surface area (Å²) in [5, 5.41) is 3.13. The Morgan fingerprint density at radius 2 is 1.82 bits per heavy atom. The molecule has 1 aromatic rings. The Bertz CT molecular complexity index is 364. The number of benzene rings is 1. The first-order chi connectivity index (χ1) is 8.24. The van der Waals surface area contributed by atoms with Crippen molar-refractivity contribution in [3.63, 3.8) is 0 Å². The summed E-state index contributed by atoms with van der Waals surface area (Å²) in [5.74, 6) is 1.39. The number of guanidine groups is 1. The number of nitrogens with zero attached hydrogens (tertiary/aromatic N) is 1. The second-order valence-corrected chi connectivity index (χ2v) is 4.92. The van der Waals surface area contributed by atoms with Crippen LogP contribution in [0.25, 0.3) is 0 Å². The fourth-order valence-corrected chi connectivity index (χ4v) is 2.27. The summed E-state index contributed by atoms with van der Waals surface area (Å²) in [4.78, 5) is 4.55. The van der Waals surface area contributed by atoms with Gasteiger partial charge in [0.2, 0.25) is 0 Å². The van der Waals surface area contributed by atoms with Crippen molar-refractivity contribution in [3.8, 4) is 0 Å². The van der Waals surface area contributed by atoms with Gasteiger partial charge in [-0.15, -0.1) is 0 Å². The van der Waals surface area contributed by atoms with Gasteiger partial charge in [-0.25, -0.2) is 4.99 Å². The largest absolute Gasteiger partial charge is 0.370 e. The molecular weight excluding hydrogens is 210 g/mol. The number of nitrogens with two attached hydrogens (primary N) is 1. The standard InChI is InChI=1S/C14H21N3/c1-11-7-9-13(10-8-11)17-14(15)16-12-5-3-2-4-6-12/h2-6,11,13H,7-10H2,1H3,(H3,15,16,17). The number of hydrogen-bond donors (Lipinski definition) is 2. The Balaban J connectivity index is 1.89. The summed E-state index contributed by atoms with van der Waals surface area (Å²) < 4.78 is 0. The summed E-state index contributed by atoms with van der Waals surface area (Å²) in [7, 11) is 0. The second-order valence-electron chi connectivity index (χ2n) is 4.92. The summed E-state index contributed by atoms with van der Waals surface area (Å²) in [6.45, 7) is 2.31. The van der Waals surface area contributed by atoms with Gasteiger partial charge < -0.3 is 11.1 Å². The fourth-order valence-electron chi connectivity index (χ4n) is 2.27. The number of hydrogen-bond acceptors (Lipinski definition) is 1. The molecule has 17 heavy (non-hydrogen) atoms. The van der Waals surface area contributed by atoms with Crippen LogP contribution in [0, 0.1) is 5.92 Å². The van der Waals surface area contributed by atoms with E-state index < -0.39 is 0 Å². The van der Waals surface area contributed by atoms with Crippen molar-refractivity contribution < 1.29 is 0 Å². The van der Waals surface area contributed by atoms with Gasteiger partial charge in [-0.3, -0.25) is 0 Å². The van der Waals surface area contributed by atoms with Crippen LogP contribution < -0.4 is 11.1 Å². The maximum absolute atomic E-state index is 5.91. The summed E-state index contributed by atoms with van der Waals surface area (Å²) in [5.41, 5.74) is 6.91. The number of nitrogens with one attached hydrogen (secondary N) is 1. The molecule has 0 unspecified atom stereocenters. The molecule has 3 N–H and O–H groups in total. The molecule has 0 amide bonds. The monoisotopic (exact) mass is 231 g/mol. The molecular formula is C14H21N3. The van der Waals surface area contributed by atoms with Crippen LogP contribution in [0.2, 0.25) is 0 Å². The van der Waals surface area contributed by atoms with Gasteiger partial charge in [0, 0.05) is 5.69 Å². The Morgan fingerprint density at radius 3 is 2.47 bits per heavy atom. The van der Waals surface area contributed by atoms with E-state index >= 15 is 0 Å². The van der Waals surface area contributed by atoms with Crippen LogP contribution in [0.4, 0.5) is 5.69 Å². The first-order valence-electron chi connectivity index (χ1n) is 6.39. The van der Waals surface area contributed by atoms with Crippen molar-refractivity contribution in [3.05, 3.63) is 30.3 Å². The third kappa shape index (κ3) is 3.77. The van der Waals surface area contributed by atoms with E-state index in [0.717, 1.165) is 11.6 Å². The van der Waals surface area contributed by atoms with E-state index in [9.17, 15) is 0 Å². The molecule has 0 atom stereocenters. The van der Waals surface area contributed by atoms with Crippen molar-refractivity contribution in [2.75, 3.05) is 5.32 Å². The van der Waals surface area contributed by atoms with Gasteiger partial charge >= 0.3 is 0 Å². The lowest BCUT2D eigenvalue weighted by atomic mass is 9.88. The molecule has 0 radical (unpaired) electrons. The first kappa shape index (κ1) is 12.0. The van der Waals surface area contributed by atoms with Crippen LogP contribution in [0.3, 0.4) is 0 Å². The first-order valence-corrected chi connectivity index (χ1v) is 6.39. The number of aliphatic imine (C=N–C) groups is 1. The number of anilines is 1. The summed E-state index contributed by atoms with van der Waals surface area (Å²) >= 11 is 0. The zero-order valence-electron chi connectivity index (χ0n) is 10.4. The van der Waals surface area contributed by atoms with Crippen LogP contribution in [0.5, 0.6) is 0 Å². The van der Waals surface area contributed by atoms with Crippen LogP contribution in [0.1, 0.15) is 32.6 Å². The lowest BCUT2D eigenvalue weighted by molar-refractivity contribution is 0.349. The average Bonchev–Trinajstić information content (AvgIpc) is 2.33. The molecule has 1 fully saturated rings. The van der Waals surface area contributed by atoms with Crippen LogP contribution >= 0.6 is 0 Å². The lowest BCUT2D eigenvalue weighted by Gasteiger charge is -2.23.